The Kier molecular flexibility index (Phi) is 4.59. The predicted molar refractivity (Wildman–Crippen MR) is 72.9 cm³/mol. The first kappa shape index (κ1) is 15.7. The molecule has 0 unspecified atom stereocenters. The number of halogens is 3. The molecule has 2 rings (SSSR count). The third-order valence-electron chi connectivity index (χ3n) is 2.78. The highest BCUT2D eigenvalue weighted by atomic mass is 32.2. The van der Waals surface area contributed by atoms with Crippen LogP contribution in [0.15, 0.2) is 34.1 Å². The zero-order chi connectivity index (χ0) is 16.3. The van der Waals surface area contributed by atoms with Crippen molar-refractivity contribution in [2.75, 3.05) is 7.11 Å². The second-order valence-electron chi connectivity index (χ2n) is 4.02. The Bertz CT molecular complexity index is 808. The molecule has 7 heteroatoms. The first-order chi connectivity index (χ1) is 10.5. The van der Waals surface area contributed by atoms with Crippen molar-refractivity contribution in [3.05, 3.63) is 52.8 Å². The second-order valence-corrected chi connectivity index (χ2v) is 5.11. The molecule has 0 fully saturated rings. The minimum atomic E-state index is -1.60. The summed E-state index contributed by atoms with van der Waals surface area (Å²) in [6.07, 6.45) is 0. The fourth-order valence-electron chi connectivity index (χ4n) is 1.70. The van der Waals surface area contributed by atoms with Crippen LogP contribution in [0.4, 0.5) is 13.2 Å². The minimum absolute atomic E-state index is 0.458. The van der Waals surface area contributed by atoms with Crippen molar-refractivity contribution >= 4 is 11.8 Å². The molecule has 0 aliphatic rings. The largest absolute Gasteiger partial charge is 0.497 e. The molecular weight excluding hydrogens is 313 g/mol. The van der Waals surface area contributed by atoms with Gasteiger partial charge >= 0.3 is 0 Å². The van der Waals surface area contributed by atoms with E-state index < -0.39 is 33.5 Å². The van der Waals surface area contributed by atoms with Gasteiger partial charge in [-0.05, 0) is 24.3 Å². The van der Waals surface area contributed by atoms with E-state index in [0.717, 1.165) is 0 Å². The maximum absolute atomic E-state index is 14.0. The van der Waals surface area contributed by atoms with Crippen molar-refractivity contribution in [3.8, 4) is 17.9 Å². The number of nitriles is 2. The molecule has 0 heterocycles. The lowest BCUT2D eigenvalue weighted by atomic mass is 10.1. The van der Waals surface area contributed by atoms with Crippen molar-refractivity contribution in [2.24, 2.45) is 0 Å². The van der Waals surface area contributed by atoms with Crippen molar-refractivity contribution in [1.82, 2.24) is 0 Å². The Labute approximate surface area is 128 Å². The molecule has 2 aromatic carbocycles. The van der Waals surface area contributed by atoms with Gasteiger partial charge in [0.25, 0.3) is 0 Å². The number of benzene rings is 2. The molecule has 0 saturated heterocycles. The summed E-state index contributed by atoms with van der Waals surface area (Å²) in [5, 5.41) is 17.6. The summed E-state index contributed by atoms with van der Waals surface area (Å²) in [6.45, 7) is 0. The molecule has 110 valence electrons. The molecule has 0 amide bonds. The van der Waals surface area contributed by atoms with E-state index in [2.05, 4.69) is 0 Å². The van der Waals surface area contributed by atoms with Gasteiger partial charge < -0.3 is 4.74 Å². The van der Waals surface area contributed by atoms with E-state index >= 15 is 0 Å². The lowest BCUT2D eigenvalue weighted by Crippen LogP contribution is -2.02. The van der Waals surface area contributed by atoms with E-state index in [1.54, 1.807) is 24.3 Å². The van der Waals surface area contributed by atoms with Crippen LogP contribution in [0.25, 0.3) is 0 Å². The summed E-state index contributed by atoms with van der Waals surface area (Å²) in [4.78, 5) is -0.0404. The quantitative estimate of drug-likeness (QED) is 0.802. The Morgan fingerprint density at radius 2 is 1.50 bits per heavy atom. The van der Waals surface area contributed by atoms with Gasteiger partial charge in [-0.3, -0.25) is 0 Å². The van der Waals surface area contributed by atoms with Crippen LogP contribution in [-0.4, -0.2) is 7.11 Å². The van der Waals surface area contributed by atoms with Gasteiger partial charge in [-0.2, -0.15) is 10.5 Å². The van der Waals surface area contributed by atoms with E-state index in [4.69, 9.17) is 15.3 Å². The average Bonchev–Trinajstić information content (AvgIpc) is 2.54. The van der Waals surface area contributed by atoms with Crippen LogP contribution >= 0.6 is 11.8 Å². The van der Waals surface area contributed by atoms with Gasteiger partial charge in [0.1, 0.15) is 29.0 Å². The zero-order valence-corrected chi connectivity index (χ0v) is 12.0. The molecule has 0 aliphatic carbocycles. The third-order valence-corrected chi connectivity index (χ3v) is 3.88. The van der Waals surface area contributed by atoms with Crippen molar-refractivity contribution in [2.45, 2.75) is 9.79 Å². The fraction of sp³-hybridized carbons (Fsp3) is 0.0667. The lowest BCUT2D eigenvalue weighted by Gasteiger charge is -2.09. The topological polar surface area (TPSA) is 56.8 Å². The molecule has 0 spiro atoms. The van der Waals surface area contributed by atoms with Crippen LogP contribution in [0.3, 0.4) is 0 Å². The highest BCUT2D eigenvalue weighted by Gasteiger charge is 2.25. The first-order valence-corrected chi connectivity index (χ1v) is 6.67. The highest BCUT2D eigenvalue weighted by molar-refractivity contribution is 7.99. The van der Waals surface area contributed by atoms with Crippen LogP contribution in [0.2, 0.25) is 0 Å². The standard InChI is InChI=1S/C15H7F3N2OS/c1-21-8-2-4-9(5-3-8)22-15-11(7-20)12(16)10(6-19)13(17)14(15)18/h2-5H,1H3. The first-order valence-electron chi connectivity index (χ1n) is 5.86. The van der Waals surface area contributed by atoms with E-state index in [0.29, 0.717) is 22.4 Å². The Morgan fingerprint density at radius 1 is 0.909 bits per heavy atom. The van der Waals surface area contributed by atoms with Gasteiger partial charge in [-0.15, -0.1) is 0 Å². The molecule has 0 saturated carbocycles. The van der Waals surface area contributed by atoms with Crippen LogP contribution < -0.4 is 4.74 Å². The van der Waals surface area contributed by atoms with Gasteiger partial charge in [0.15, 0.2) is 17.5 Å². The van der Waals surface area contributed by atoms with E-state index in [9.17, 15) is 13.2 Å². The Balaban J connectivity index is 2.55. The summed E-state index contributed by atoms with van der Waals surface area (Å²) in [6, 6.07) is 8.97. The number of hydrogen-bond acceptors (Lipinski definition) is 4. The molecular formula is C15H7F3N2OS. The normalized spacial score (nSPS) is 9.91. The molecule has 0 bridgehead atoms. The molecule has 0 aromatic heterocycles. The molecule has 0 radical (unpaired) electrons. The maximum Gasteiger partial charge on any atom is 0.180 e. The van der Waals surface area contributed by atoms with E-state index in [1.165, 1.54) is 19.2 Å². The molecule has 22 heavy (non-hydrogen) atoms. The number of nitrogens with zero attached hydrogens (tertiary/aromatic N) is 2. The Morgan fingerprint density at radius 3 is 2.00 bits per heavy atom. The summed E-state index contributed by atoms with van der Waals surface area (Å²) in [5.41, 5.74) is -1.80. The van der Waals surface area contributed by atoms with Gasteiger partial charge in [0.2, 0.25) is 0 Å². The molecule has 2 aromatic rings. The maximum atomic E-state index is 14.0. The van der Waals surface area contributed by atoms with Crippen molar-refractivity contribution in [1.29, 1.82) is 10.5 Å². The van der Waals surface area contributed by atoms with Crippen molar-refractivity contribution in [3.63, 3.8) is 0 Å². The van der Waals surface area contributed by atoms with Gasteiger partial charge in [0.05, 0.1) is 12.0 Å². The predicted octanol–water partition coefficient (Wildman–Crippen LogP) is 4.01. The zero-order valence-electron chi connectivity index (χ0n) is 11.2. The molecule has 3 nitrogen and oxygen atoms in total. The monoisotopic (exact) mass is 320 g/mol. The van der Waals surface area contributed by atoms with Crippen molar-refractivity contribution < 1.29 is 17.9 Å². The number of methoxy groups -OCH3 is 1. The average molecular weight is 320 g/mol. The van der Waals surface area contributed by atoms with Gasteiger partial charge in [-0.25, -0.2) is 13.2 Å². The third kappa shape index (κ3) is 2.72. The smallest absolute Gasteiger partial charge is 0.180 e. The number of ether oxygens (including phenoxy) is 1. The van der Waals surface area contributed by atoms with Crippen LogP contribution in [0.5, 0.6) is 5.75 Å². The summed E-state index contributed by atoms with van der Waals surface area (Å²) < 4.78 is 46.6. The minimum Gasteiger partial charge on any atom is -0.497 e. The van der Waals surface area contributed by atoms with Crippen LogP contribution in [-0.2, 0) is 0 Å². The Hall–Kier alpha value is -2.64. The second kappa shape index (κ2) is 6.42. The van der Waals surface area contributed by atoms with Gasteiger partial charge in [0, 0.05) is 4.90 Å². The van der Waals surface area contributed by atoms with Crippen LogP contribution in [0.1, 0.15) is 11.1 Å². The number of rotatable bonds is 3. The molecule has 0 atom stereocenters. The van der Waals surface area contributed by atoms with E-state index in [1.807, 2.05) is 0 Å². The SMILES string of the molecule is COc1ccc(Sc2c(F)c(F)c(C#N)c(F)c2C#N)cc1. The number of hydrogen-bond donors (Lipinski definition) is 0. The molecule has 0 aliphatic heterocycles. The fourth-order valence-corrected chi connectivity index (χ4v) is 2.62. The highest BCUT2D eigenvalue weighted by Crippen LogP contribution is 2.36. The summed E-state index contributed by atoms with van der Waals surface area (Å²) in [5.74, 6) is -3.83. The summed E-state index contributed by atoms with van der Waals surface area (Å²) >= 11 is 0.690. The molecule has 0 N–H and O–H groups in total. The van der Waals surface area contributed by atoms with Crippen LogP contribution in [0, 0.1) is 40.1 Å². The summed E-state index contributed by atoms with van der Waals surface area (Å²) in [7, 11) is 1.47. The van der Waals surface area contributed by atoms with E-state index in [-0.39, 0.29) is 0 Å². The van der Waals surface area contributed by atoms with Gasteiger partial charge in [-0.1, -0.05) is 11.8 Å². The lowest BCUT2D eigenvalue weighted by molar-refractivity contribution is 0.414.